The van der Waals surface area contributed by atoms with Crippen molar-refractivity contribution in [1.82, 2.24) is 4.90 Å². The van der Waals surface area contributed by atoms with E-state index < -0.39 is 5.54 Å². The molecule has 5 nitrogen and oxygen atoms in total. The van der Waals surface area contributed by atoms with Crippen LogP contribution in [-0.2, 0) is 21.5 Å². The standard InChI is InChI=1S/C19H19NO4/c1-22-14-5-4-13-8-18(21)20-6-2-3-12-7-16-17(24-11-23-16)9-15(12)19(13,20)10-14/h4-5,7-9,14H,2-3,6,10-11H2,1H3. The number of aryl methyl sites for hydroxylation is 1. The van der Waals surface area contributed by atoms with E-state index >= 15 is 0 Å². The van der Waals surface area contributed by atoms with Gasteiger partial charge in [-0.2, -0.15) is 0 Å². The van der Waals surface area contributed by atoms with Crippen molar-refractivity contribution in [3.8, 4) is 11.5 Å². The van der Waals surface area contributed by atoms with Gasteiger partial charge in [0.1, 0.15) is 0 Å². The van der Waals surface area contributed by atoms with Crippen LogP contribution in [0.4, 0.5) is 0 Å². The molecule has 24 heavy (non-hydrogen) atoms. The van der Waals surface area contributed by atoms with Gasteiger partial charge >= 0.3 is 0 Å². The molecule has 4 aliphatic rings. The maximum atomic E-state index is 12.7. The number of carbonyl (C=O) groups excluding carboxylic acids is 1. The summed E-state index contributed by atoms with van der Waals surface area (Å²) in [6.45, 7) is 1.02. The van der Waals surface area contributed by atoms with Crippen molar-refractivity contribution >= 4 is 5.91 Å². The highest BCUT2D eigenvalue weighted by molar-refractivity contribution is 5.94. The third kappa shape index (κ3) is 1.70. The average molecular weight is 325 g/mol. The quantitative estimate of drug-likeness (QED) is 0.795. The Labute approximate surface area is 140 Å². The molecular formula is C19H19NO4. The molecule has 5 rings (SSSR count). The number of ether oxygens (including phenoxy) is 3. The predicted molar refractivity (Wildman–Crippen MR) is 86.9 cm³/mol. The second-order valence-electron chi connectivity index (χ2n) is 6.75. The van der Waals surface area contributed by atoms with Crippen molar-refractivity contribution in [3.05, 3.63) is 47.1 Å². The second-order valence-corrected chi connectivity index (χ2v) is 6.75. The van der Waals surface area contributed by atoms with Crippen LogP contribution in [0, 0.1) is 0 Å². The number of hydrogen-bond donors (Lipinski definition) is 0. The van der Waals surface area contributed by atoms with Gasteiger partial charge in [-0.1, -0.05) is 12.2 Å². The fraction of sp³-hybridized carbons (Fsp3) is 0.421. The summed E-state index contributed by atoms with van der Waals surface area (Å²) in [7, 11) is 1.72. The van der Waals surface area contributed by atoms with E-state index in [2.05, 4.69) is 18.2 Å². The molecule has 1 spiro atoms. The Morgan fingerprint density at radius 1 is 1.29 bits per heavy atom. The van der Waals surface area contributed by atoms with E-state index in [-0.39, 0.29) is 18.8 Å². The summed E-state index contributed by atoms with van der Waals surface area (Å²) in [6.07, 6.45) is 8.49. The molecule has 0 fully saturated rings. The zero-order valence-electron chi connectivity index (χ0n) is 13.6. The van der Waals surface area contributed by atoms with Gasteiger partial charge in [0, 0.05) is 26.2 Å². The largest absolute Gasteiger partial charge is 0.454 e. The normalized spacial score (nSPS) is 29.7. The van der Waals surface area contributed by atoms with Gasteiger partial charge in [0.2, 0.25) is 12.7 Å². The molecule has 1 aromatic carbocycles. The number of hydrogen-bond acceptors (Lipinski definition) is 4. The molecule has 0 aromatic heterocycles. The van der Waals surface area contributed by atoms with Crippen molar-refractivity contribution in [2.45, 2.75) is 30.9 Å². The number of fused-ring (bicyclic) bond motifs is 2. The zero-order valence-corrected chi connectivity index (χ0v) is 13.6. The SMILES string of the molecule is COC1C=CC2=CC(=O)N3CCCc4cc5c(cc4C23C1)OCO5. The van der Waals surface area contributed by atoms with Gasteiger partial charge in [0.05, 0.1) is 11.6 Å². The number of carbonyl (C=O) groups is 1. The van der Waals surface area contributed by atoms with E-state index in [9.17, 15) is 4.79 Å². The lowest BCUT2D eigenvalue weighted by atomic mass is 9.74. The fourth-order valence-electron chi connectivity index (χ4n) is 4.54. The minimum absolute atomic E-state index is 0.00748. The van der Waals surface area contributed by atoms with Crippen LogP contribution in [0.5, 0.6) is 11.5 Å². The maximum absolute atomic E-state index is 12.7. The van der Waals surface area contributed by atoms with Gasteiger partial charge in [-0.25, -0.2) is 0 Å². The first-order chi connectivity index (χ1) is 11.7. The van der Waals surface area contributed by atoms with Crippen LogP contribution in [-0.4, -0.2) is 37.4 Å². The molecule has 124 valence electrons. The van der Waals surface area contributed by atoms with Crippen LogP contribution in [0.2, 0.25) is 0 Å². The molecule has 1 aromatic rings. The number of nitrogens with zero attached hydrogens (tertiary/aromatic N) is 1. The maximum Gasteiger partial charge on any atom is 0.247 e. The summed E-state index contributed by atoms with van der Waals surface area (Å²) < 4.78 is 16.8. The highest BCUT2D eigenvalue weighted by Gasteiger charge is 2.52. The first kappa shape index (κ1) is 14.1. The minimum atomic E-state index is -0.445. The molecule has 0 saturated heterocycles. The molecule has 2 atom stereocenters. The van der Waals surface area contributed by atoms with Gasteiger partial charge in [-0.05, 0) is 41.7 Å². The molecule has 2 unspecified atom stereocenters. The third-order valence-electron chi connectivity index (χ3n) is 5.64. The summed E-state index contributed by atoms with van der Waals surface area (Å²) in [4.78, 5) is 14.7. The van der Waals surface area contributed by atoms with Gasteiger partial charge in [-0.3, -0.25) is 4.79 Å². The summed E-state index contributed by atoms with van der Waals surface area (Å²) in [5, 5.41) is 0. The van der Waals surface area contributed by atoms with E-state index in [1.165, 1.54) is 5.56 Å². The average Bonchev–Trinajstić information content (AvgIpc) is 3.11. The Kier molecular flexibility index (Phi) is 2.86. The Hall–Kier alpha value is -2.27. The molecule has 5 heteroatoms. The lowest BCUT2D eigenvalue weighted by Gasteiger charge is -2.44. The lowest BCUT2D eigenvalue weighted by molar-refractivity contribution is -0.130. The third-order valence-corrected chi connectivity index (χ3v) is 5.64. The Bertz CT molecular complexity index is 797. The molecule has 0 N–H and O–H groups in total. The second kappa shape index (κ2) is 4.86. The Morgan fingerprint density at radius 2 is 2.12 bits per heavy atom. The Morgan fingerprint density at radius 3 is 2.96 bits per heavy atom. The minimum Gasteiger partial charge on any atom is -0.454 e. The Balaban J connectivity index is 1.76. The first-order valence-electron chi connectivity index (χ1n) is 8.40. The van der Waals surface area contributed by atoms with Crippen LogP contribution in [0.15, 0.2) is 35.9 Å². The molecular weight excluding hydrogens is 306 g/mol. The summed E-state index contributed by atoms with van der Waals surface area (Å²) in [5.74, 6) is 1.67. The van der Waals surface area contributed by atoms with E-state index in [4.69, 9.17) is 14.2 Å². The topological polar surface area (TPSA) is 48.0 Å². The van der Waals surface area contributed by atoms with Gasteiger partial charge in [-0.15, -0.1) is 0 Å². The molecule has 1 aliphatic carbocycles. The number of methoxy groups -OCH3 is 1. The van der Waals surface area contributed by atoms with Crippen molar-refractivity contribution in [2.24, 2.45) is 0 Å². The summed E-state index contributed by atoms with van der Waals surface area (Å²) in [5.41, 5.74) is 3.02. The van der Waals surface area contributed by atoms with Crippen molar-refractivity contribution < 1.29 is 19.0 Å². The van der Waals surface area contributed by atoms with Crippen molar-refractivity contribution in [3.63, 3.8) is 0 Å². The van der Waals surface area contributed by atoms with Crippen molar-refractivity contribution in [1.29, 1.82) is 0 Å². The van der Waals surface area contributed by atoms with Gasteiger partial charge < -0.3 is 19.1 Å². The van der Waals surface area contributed by atoms with Crippen LogP contribution >= 0.6 is 0 Å². The highest BCUT2D eigenvalue weighted by atomic mass is 16.7. The van der Waals surface area contributed by atoms with E-state index in [0.717, 1.165) is 48.4 Å². The molecule has 0 saturated carbocycles. The van der Waals surface area contributed by atoms with Crippen molar-refractivity contribution in [2.75, 3.05) is 20.4 Å². The van der Waals surface area contributed by atoms with E-state index in [0.29, 0.717) is 0 Å². The molecule has 1 amide bonds. The molecule has 0 bridgehead atoms. The lowest BCUT2D eigenvalue weighted by Crippen LogP contribution is -2.48. The number of benzene rings is 1. The zero-order chi connectivity index (χ0) is 16.3. The van der Waals surface area contributed by atoms with Crippen LogP contribution in [0.3, 0.4) is 0 Å². The molecule has 0 radical (unpaired) electrons. The molecule has 3 aliphatic heterocycles. The van der Waals surface area contributed by atoms with Crippen LogP contribution in [0.25, 0.3) is 0 Å². The first-order valence-corrected chi connectivity index (χ1v) is 8.40. The van der Waals surface area contributed by atoms with Gasteiger partial charge in [0.25, 0.3) is 0 Å². The number of amides is 1. The fourth-order valence-corrected chi connectivity index (χ4v) is 4.54. The highest BCUT2D eigenvalue weighted by Crippen LogP contribution is 2.52. The molecule has 3 heterocycles. The smallest absolute Gasteiger partial charge is 0.247 e. The monoisotopic (exact) mass is 325 g/mol. The summed E-state index contributed by atoms with van der Waals surface area (Å²) in [6, 6.07) is 4.17. The van der Waals surface area contributed by atoms with Crippen LogP contribution < -0.4 is 9.47 Å². The van der Waals surface area contributed by atoms with Crippen LogP contribution in [0.1, 0.15) is 24.0 Å². The number of rotatable bonds is 1. The van der Waals surface area contributed by atoms with Gasteiger partial charge in [0.15, 0.2) is 11.5 Å². The summed E-state index contributed by atoms with van der Waals surface area (Å²) >= 11 is 0. The van der Waals surface area contributed by atoms with E-state index in [1.54, 1.807) is 13.2 Å². The van der Waals surface area contributed by atoms with E-state index in [1.807, 2.05) is 11.0 Å². The predicted octanol–water partition coefficient (Wildman–Crippen LogP) is 2.30.